The lowest BCUT2D eigenvalue weighted by atomic mass is 10.1. The third-order valence-corrected chi connectivity index (χ3v) is 3.55. The van der Waals surface area contributed by atoms with Gasteiger partial charge in [0.25, 0.3) is 5.91 Å². The molecule has 0 radical (unpaired) electrons. The Kier molecular flexibility index (Phi) is 5.91. The fourth-order valence-corrected chi connectivity index (χ4v) is 2.24. The summed E-state index contributed by atoms with van der Waals surface area (Å²) >= 11 is 0. The zero-order chi connectivity index (χ0) is 15.9. The van der Waals surface area contributed by atoms with Crippen molar-refractivity contribution in [3.05, 3.63) is 29.8 Å². The fourth-order valence-electron chi connectivity index (χ4n) is 2.24. The van der Waals surface area contributed by atoms with Crippen LogP contribution in [-0.4, -0.2) is 42.4 Å². The minimum atomic E-state index is -1.03. The third-order valence-electron chi connectivity index (χ3n) is 3.55. The Morgan fingerprint density at radius 3 is 2.95 bits per heavy atom. The van der Waals surface area contributed by atoms with E-state index >= 15 is 0 Å². The van der Waals surface area contributed by atoms with Crippen LogP contribution < -0.4 is 5.32 Å². The molecule has 120 valence electrons. The molecule has 1 aromatic carbocycles. The molecular formula is C16H21NO5. The molecule has 1 amide bonds. The molecule has 1 aromatic rings. The van der Waals surface area contributed by atoms with E-state index in [1.54, 1.807) is 19.1 Å². The lowest BCUT2D eigenvalue weighted by Gasteiger charge is -2.23. The maximum absolute atomic E-state index is 12.0. The first-order valence-corrected chi connectivity index (χ1v) is 7.43. The molecule has 1 fully saturated rings. The summed E-state index contributed by atoms with van der Waals surface area (Å²) in [5, 5.41) is 11.6. The number of carbonyl (C=O) groups is 2. The van der Waals surface area contributed by atoms with E-state index in [0.29, 0.717) is 12.3 Å². The molecule has 1 aliphatic heterocycles. The van der Waals surface area contributed by atoms with Crippen LogP contribution in [-0.2, 0) is 14.3 Å². The predicted molar refractivity (Wildman–Crippen MR) is 81.0 cm³/mol. The van der Waals surface area contributed by atoms with Crippen LogP contribution in [0.5, 0.6) is 0 Å². The second kappa shape index (κ2) is 7.91. The van der Waals surface area contributed by atoms with E-state index in [4.69, 9.17) is 14.6 Å². The highest BCUT2D eigenvalue weighted by Gasteiger charge is 2.19. The Morgan fingerprint density at radius 1 is 1.45 bits per heavy atom. The molecule has 6 heteroatoms. The SMILES string of the molecule is CC(OCC1CCCCO1)C(=O)Nc1cccc(C(=O)O)c1. The van der Waals surface area contributed by atoms with Crippen molar-refractivity contribution in [3.8, 4) is 0 Å². The van der Waals surface area contributed by atoms with Gasteiger partial charge >= 0.3 is 5.97 Å². The van der Waals surface area contributed by atoms with Crippen LogP contribution in [0.15, 0.2) is 24.3 Å². The molecule has 2 atom stereocenters. The zero-order valence-electron chi connectivity index (χ0n) is 12.6. The lowest BCUT2D eigenvalue weighted by molar-refractivity contribution is -0.130. The topological polar surface area (TPSA) is 84.9 Å². The average Bonchev–Trinajstić information content (AvgIpc) is 2.53. The summed E-state index contributed by atoms with van der Waals surface area (Å²) in [5.41, 5.74) is 0.566. The number of ether oxygens (including phenoxy) is 2. The van der Waals surface area contributed by atoms with Crippen molar-refractivity contribution in [2.75, 3.05) is 18.5 Å². The molecule has 0 spiro atoms. The molecule has 6 nitrogen and oxygen atoms in total. The van der Waals surface area contributed by atoms with Gasteiger partial charge < -0.3 is 19.9 Å². The molecule has 0 saturated carbocycles. The van der Waals surface area contributed by atoms with Crippen LogP contribution in [0.1, 0.15) is 36.5 Å². The van der Waals surface area contributed by atoms with Gasteiger partial charge in [0.1, 0.15) is 6.10 Å². The van der Waals surface area contributed by atoms with E-state index < -0.39 is 12.1 Å². The van der Waals surface area contributed by atoms with Crippen molar-refractivity contribution < 1.29 is 24.2 Å². The van der Waals surface area contributed by atoms with Crippen molar-refractivity contribution in [2.45, 2.75) is 38.4 Å². The van der Waals surface area contributed by atoms with Gasteiger partial charge in [-0.25, -0.2) is 4.79 Å². The van der Waals surface area contributed by atoms with Gasteiger partial charge in [0.2, 0.25) is 0 Å². The summed E-state index contributed by atoms with van der Waals surface area (Å²) in [6, 6.07) is 6.11. The minimum absolute atomic E-state index is 0.0549. The zero-order valence-corrected chi connectivity index (χ0v) is 12.6. The number of aromatic carboxylic acids is 1. The van der Waals surface area contributed by atoms with Crippen LogP contribution in [0.3, 0.4) is 0 Å². The predicted octanol–water partition coefficient (Wildman–Crippen LogP) is 2.30. The van der Waals surface area contributed by atoms with Crippen LogP contribution in [0.25, 0.3) is 0 Å². The molecule has 22 heavy (non-hydrogen) atoms. The van der Waals surface area contributed by atoms with Crippen molar-refractivity contribution >= 4 is 17.6 Å². The fraction of sp³-hybridized carbons (Fsp3) is 0.500. The lowest BCUT2D eigenvalue weighted by Crippen LogP contribution is -2.32. The number of carboxylic acids is 1. The Balaban J connectivity index is 1.82. The van der Waals surface area contributed by atoms with Gasteiger partial charge in [0, 0.05) is 12.3 Å². The van der Waals surface area contributed by atoms with Crippen molar-refractivity contribution in [2.24, 2.45) is 0 Å². The molecule has 2 N–H and O–H groups in total. The smallest absolute Gasteiger partial charge is 0.335 e. The Labute approximate surface area is 129 Å². The normalized spacial score (nSPS) is 19.4. The molecule has 2 unspecified atom stereocenters. The number of benzene rings is 1. The van der Waals surface area contributed by atoms with Gasteiger partial charge in [-0.15, -0.1) is 0 Å². The number of rotatable bonds is 6. The summed E-state index contributed by atoms with van der Waals surface area (Å²) in [4.78, 5) is 22.9. The average molecular weight is 307 g/mol. The summed E-state index contributed by atoms with van der Waals surface area (Å²) < 4.78 is 11.1. The van der Waals surface area contributed by atoms with Crippen molar-refractivity contribution in [1.29, 1.82) is 0 Å². The number of carbonyl (C=O) groups excluding carboxylic acids is 1. The molecular weight excluding hydrogens is 286 g/mol. The van der Waals surface area contributed by atoms with E-state index in [1.165, 1.54) is 12.1 Å². The largest absolute Gasteiger partial charge is 0.478 e. The third kappa shape index (κ3) is 4.82. The molecule has 0 aromatic heterocycles. The summed E-state index contributed by atoms with van der Waals surface area (Å²) in [6.07, 6.45) is 2.58. The monoisotopic (exact) mass is 307 g/mol. The second-order valence-corrected chi connectivity index (χ2v) is 5.34. The Hall–Kier alpha value is -1.92. The second-order valence-electron chi connectivity index (χ2n) is 5.34. The van der Waals surface area contributed by atoms with Gasteiger partial charge in [-0.1, -0.05) is 6.07 Å². The molecule has 0 aliphatic carbocycles. The van der Waals surface area contributed by atoms with Gasteiger partial charge in [0.05, 0.1) is 18.3 Å². The molecule has 2 rings (SSSR count). The highest BCUT2D eigenvalue weighted by Crippen LogP contribution is 2.14. The minimum Gasteiger partial charge on any atom is -0.478 e. The van der Waals surface area contributed by atoms with Crippen molar-refractivity contribution in [1.82, 2.24) is 0 Å². The van der Waals surface area contributed by atoms with E-state index in [-0.39, 0.29) is 17.6 Å². The number of anilines is 1. The highest BCUT2D eigenvalue weighted by atomic mass is 16.5. The molecule has 1 aliphatic rings. The highest BCUT2D eigenvalue weighted by molar-refractivity contribution is 5.95. The van der Waals surface area contributed by atoms with E-state index in [1.807, 2.05) is 0 Å². The number of amides is 1. The van der Waals surface area contributed by atoms with Gasteiger partial charge in [-0.2, -0.15) is 0 Å². The summed E-state index contributed by atoms with van der Waals surface area (Å²) in [5.74, 6) is -1.34. The van der Waals surface area contributed by atoms with Crippen LogP contribution in [0.4, 0.5) is 5.69 Å². The van der Waals surface area contributed by atoms with E-state index in [0.717, 1.165) is 25.9 Å². The molecule has 1 saturated heterocycles. The maximum atomic E-state index is 12.0. The van der Waals surface area contributed by atoms with Gasteiger partial charge in [-0.3, -0.25) is 4.79 Å². The Morgan fingerprint density at radius 2 is 2.27 bits per heavy atom. The summed E-state index contributed by atoms with van der Waals surface area (Å²) in [6.45, 7) is 2.81. The standard InChI is InChI=1S/C16H21NO5/c1-11(22-10-14-7-2-3-8-21-14)15(18)17-13-6-4-5-12(9-13)16(19)20/h4-6,9,11,14H,2-3,7-8,10H2,1H3,(H,17,18)(H,19,20). The quantitative estimate of drug-likeness (QED) is 0.842. The number of hydrogen-bond acceptors (Lipinski definition) is 4. The number of nitrogens with one attached hydrogen (secondary N) is 1. The number of hydrogen-bond donors (Lipinski definition) is 2. The molecule has 0 bridgehead atoms. The Bertz CT molecular complexity index is 525. The summed E-state index contributed by atoms with van der Waals surface area (Å²) in [7, 11) is 0. The first kappa shape index (κ1) is 16.5. The van der Waals surface area contributed by atoms with Gasteiger partial charge in [0.15, 0.2) is 0 Å². The van der Waals surface area contributed by atoms with Crippen LogP contribution in [0, 0.1) is 0 Å². The maximum Gasteiger partial charge on any atom is 0.335 e. The van der Waals surface area contributed by atoms with Gasteiger partial charge in [-0.05, 0) is 44.4 Å². The van der Waals surface area contributed by atoms with E-state index in [9.17, 15) is 9.59 Å². The number of carboxylic acid groups (broad SMARTS) is 1. The van der Waals surface area contributed by atoms with Crippen molar-refractivity contribution in [3.63, 3.8) is 0 Å². The first-order chi connectivity index (χ1) is 10.6. The van der Waals surface area contributed by atoms with Crippen LogP contribution in [0.2, 0.25) is 0 Å². The molecule has 1 heterocycles. The van der Waals surface area contributed by atoms with Crippen LogP contribution >= 0.6 is 0 Å². The van der Waals surface area contributed by atoms with E-state index in [2.05, 4.69) is 5.32 Å². The first-order valence-electron chi connectivity index (χ1n) is 7.43.